The largest absolute Gasteiger partial charge is 0.481 e. The molecule has 0 aliphatic heterocycles. The number of aliphatic carboxylic acids is 1. The van der Waals surface area contributed by atoms with Gasteiger partial charge in [0.05, 0.1) is 6.42 Å². The number of rotatable bonds is 7. The second kappa shape index (κ2) is 6.57. The van der Waals surface area contributed by atoms with Crippen LogP contribution in [-0.4, -0.2) is 47.1 Å². The highest BCUT2D eigenvalue weighted by atomic mass is 16.4. The Bertz CT molecular complexity index is 360. The summed E-state index contributed by atoms with van der Waals surface area (Å²) in [7, 11) is 1.97. The average Bonchev–Trinajstić information content (AvgIpc) is 3.20. The van der Waals surface area contributed by atoms with Crippen LogP contribution in [-0.2, 0) is 9.59 Å². The lowest BCUT2D eigenvalue weighted by atomic mass is 9.78. The van der Waals surface area contributed by atoms with Gasteiger partial charge in [-0.2, -0.15) is 0 Å². The second-order valence-electron chi connectivity index (χ2n) is 6.37. The molecule has 0 heterocycles. The number of carboxylic acid groups (broad SMARTS) is 1. The third-order valence-electron chi connectivity index (χ3n) is 4.69. The Morgan fingerprint density at radius 2 is 1.90 bits per heavy atom. The fraction of sp³-hybridized carbons (Fsp3) is 0.867. The molecule has 0 radical (unpaired) electrons. The predicted octanol–water partition coefficient (Wildman–Crippen LogP) is 1.76. The highest BCUT2D eigenvalue weighted by molar-refractivity contribution is 5.76. The van der Waals surface area contributed by atoms with Crippen LogP contribution in [0.4, 0.5) is 0 Å². The van der Waals surface area contributed by atoms with Gasteiger partial charge in [-0.1, -0.05) is 19.3 Å². The fourth-order valence-electron chi connectivity index (χ4n) is 3.22. The molecule has 0 aromatic heterocycles. The summed E-state index contributed by atoms with van der Waals surface area (Å²) < 4.78 is 0. The number of carbonyl (C=O) groups excluding carboxylic acids is 1. The van der Waals surface area contributed by atoms with Crippen molar-refractivity contribution in [3.63, 3.8) is 0 Å². The molecule has 20 heavy (non-hydrogen) atoms. The summed E-state index contributed by atoms with van der Waals surface area (Å²) in [6.07, 6.45) is 8.09. The zero-order valence-electron chi connectivity index (χ0n) is 12.4. The molecular weight excluding hydrogens is 256 g/mol. The van der Waals surface area contributed by atoms with Crippen molar-refractivity contribution in [2.75, 3.05) is 13.6 Å². The van der Waals surface area contributed by atoms with Crippen LogP contribution in [0.3, 0.4) is 0 Å². The van der Waals surface area contributed by atoms with E-state index in [2.05, 4.69) is 10.2 Å². The molecule has 2 saturated carbocycles. The van der Waals surface area contributed by atoms with Crippen LogP contribution in [0.25, 0.3) is 0 Å². The minimum Gasteiger partial charge on any atom is -0.481 e. The Hall–Kier alpha value is -1.10. The van der Waals surface area contributed by atoms with Gasteiger partial charge < -0.3 is 10.4 Å². The summed E-state index contributed by atoms with van der Waals surface area (Å²) in [6.45, 7) is 0.645. The molecule has 0 saturated heterocycles. The Morgan fingerprint density at radius 1 is 1.25 bits per heavy atom. The Kier molecular flexibility index (Phi) is 5.02. The lowest BCUT2D eigenvalue weighted by Crippen LogP contribution is -2.50. The first-order valence-corrected chi connectivity index (χ1v) is 7.74. The van der Waals surface area contributed by atoms with E-state index in [9.17, 15) is 14.7 Å². The van der Waals surface area contributed by atoms with Gasteiger partial charge >= 0.3 is 5.97 Å². The number of nitrogens with zero attached hydrogens (tertiary/aromatic N) is 1. The number of amides is 1. The van der Waals surface area contributed by atoms with Gasteiger partial charge in [0.2, 0.25) is 5.91 Å². The number of hydrogen-bond acceptors (Lipinski definition) is 3. The second-order valence-corrected chi connectivity index (χ2v) is 6.37. The lowest BCUT2D eigenvalue weighted by molar-refractivity contribution is -0.141. The molecule has 5 nitrogen and oxygen atoms in total. The minimum atomic E-state index is -0.735. The molecule has 0 unspecified atom stereocenters. The highest BCUT2D eigenvalue weighted by Gasteiger charge is 2.38. The SMILES string of the molecule is CN(CCC(=O)NC1CC1)C1(CC(=O)O)CCCCC1. The van der Waals surface area contributed by atoms with Crippen LogP contribution >= 0.6 is 0 Å². The van der Waals surface area contributed by atoms with Gasteiger partial charge in [0.25, 0.3) is 0 Å². The topological polar surface area (TPSA) is 69.6 Å². The molecule has 0 bridgehead atoms. The smallest absolute Gasteiger partial charge is 0.305 e. The molecule has 2 aliphatic rings. The normalized spacial score (nSPS) is 21.7. The van der Waals surface area contributed by atoms with Crippen molar-refractivity contribution in [2.45, 2.75) is 69.4 Å². The average molecular weight is 282 g/mol. The minimum absolute atomic E-state index is 0.0978. The summed E-state index contributed by atoms with van der Waals surface area (Å²) in [4.78, 5) is 25.0. The molecule has 2 rings (SSSR count). The van der Waals surface area contributed by atoms with Crippen molar-refractivity contribution in [1.29, 1.82) is 0 Å². The molecule has 2 aliphatic carbocycles. The van der Waals surface area contributed by atoms with Crippen LogP contribution in [0.2, 0.25) is 0 Å². The number of nitrogens with one attached hydrogen (secondary N) is 1. The van der Waals surface area contributed by atoms with Crippen molar-refractivity contribution >= 4 is 11.9 Å². The van der Waals surface area contributed by atoms with Gasteiger partial charge in [0.15, 0.2) is 0 Å². The molecule has 114 valence electrons. The molecule has 0 spiro atoms. The lowest BCUT2D eigenvalue weighted by Gasteiger charge is -2.44. The third-order valence-corrected chi connectivity index (χ3v) is 4.69. The van der Waals surface area contributed by atoms with E-state index in [1.807, 2.05) is 7.05 Å². The summed E-state index contributed by atoms with van der Waals surface area (Å²) in [6, 6.07) is 0.399. The third kappa shape index (κ3) is 4.20. The van der Waals surface area contributed by atoms with Crippen molar-refractivity contribution < 1.29 is 14.7 Å². The summed E-state index contributed by atoms with van der Waals surface area (Å²) in [5, 5.41) is 12.2. The quantitative estimate of drug-likeness (QED) is 0.746. The first-order chi connectivity index (χ1) is 9.52. The summed E-state index contributed by atoms with van der Waals surface area (Å²) >= 11 is 0. The zero-order chi connectivity index (χ0) is 14.6. The molecule has 2 fully saturated rings. The first kappa shape index (κ1) is 15.3. The van der Waals surface area contributed by atoms with Crippen LogP contribution in [0.15, 0.2) is 0 Å². The Morgan fingerprint density at radius 3 is 2.45 bits per heavy atom. The standard InChI is InChI=1S/C15H26N2O3/c1-17(10-7-13(18)16-12-5-6-12)15(11-14(19)20)8-3-2-4-9-15/h12H,2-11H2,1H3,(H,16,18)(H,19,20). The molecule has 0 atom stereocenters. The maximum atomic E-state index is 11.8. The van der Waals surface area contributed by atoms with Gasteiger partial charge in [-0.3, -0.25) is 14.5 Å². The van der Waals surface area contributed by atoms with Crippen molar-refractivity contribution in [1.82, 2.24) is 10.2 Å². The van der Waals surface area contributed by atoms with Crippen LogP contribution in [0.5, 0.6) is 0 Å². The summed E-state index contributed by atoms with van der Waals surface area (Å²) in [5.41, 5.74) is -0.246. The molecule has 1 amide bonds. The maximum Gasteiger partial charge on any atom is 0.305 e. The van der Waals surface area contributed by atoms with Crippen molar-refractivity contribution in [3.05, 3.63) is 0 Å². The number of carbonyl (C=O) groups is 2. The fourth-order valence-corrected chi connectivity index (χ4v) is 3.22. The first-order valence-electron chi connectivity index (χ1n) is 7.74. The van der Waals surface area contributed by atoms with E-state index in [0.29, 0.717) is 19.0 Å². The van der Waals surface area contributed by atoms with Gasteiger partial charge in [0, 0.05) is 24.5 Å². The molecule has 5 heteroatoms. The van der Waals surface area contributed by atoms with E-state index >= 15 is 0 Å². The zero-order valence-corrected chi connectivity index (χ0v) is 12.4. The highest BCUT2D eigenvalue weighted by Crippen LogP contribution is 2.35. The number of hydrogen-bond donors (Lipinski definition) is 2. The molecular formula is C15H26N2O3. The van der Waals surface area contributed by atoms with Gasteiger partial charge in [-0.15, -0.1) is 0 Å². The monoisotopic (exact) mass is 282 g/mol. The van der Waals surface area contributed by atoms with Gasteiger partial charge in [0.1, 0.15) is 0 Å². The van der Waals surface area contributed by atoms with Crippen molar-refractivity contribution in [3.8, 4) is 0 Å². The van der Waals surface area contributed by atoms with E-state index in [0.717, 1.165) is 38.5 Å². The van der Waals surface area contributed by atoms with E-state index in [4.69, 9.17) is 0 Å². The number of carboxylic acids is 1. The van der Waals surface area contributed by atoms with E-state index in [1.165, 1.54) is 6.42 Å². The van der Waals surface area contributed by atoms with Crippen LogP contribution in [0, 0.1) is 0 Å². The Balaban J connectivity index is 1.86. The molecule has 0 aromatic rings. The van der Waals surface area contributed by atoms with Gasteiger partial charge in [-0.05, 0) is 32.7 Å². The maximum absolute atomic E-state index is 11.8. The Labute approximate surface area is 120 Å². The predicted molar refractivity (Wildman–Crippen MR) is 76.5 cm³/mol. The van der Waals surface area contributed by atoms with E-state index < -0.39 is 5.97 Å². The van der Waals surface area contributed by atoms with Crippen molar-refractivity contribution in [2.24, 2.45) is 0 Å². The molecule has 2 N–H and O–H groups in total. The van der Waals surface area contributed by atoms with E-state index in [1.54, 1.807) is 0 Å². The van der Waals surface area contributed by atoms with Crippen LogP contribution < -0.4 is 5.32 Å². The van der Waals surface area contributed by atoms with Gasteiger partial charge in [-0.25, -0.2) is 0 Å². The van der Waals surface area contributed by atoms with Crippen LogP contribution in [0.1, 0.15) is 57.8 Å². The molecule has 0 aromatic carbocycles. The summed E-state index contributed by atoms with van der Waals surface area (Å²) in [5.74, 6) is -0.637. The van der Waals surface area contributed by atoms with E-state index in [-0.39, 0.29) is 17.9 Å².